The number of Topliss-reactive ketones (excluding diaryl/α,β-unsaturated/α-hetero) is 1. The number of amidine groups is 1. The van der Waals surface area contributed by atoms with Gasteiger partial charge in [-0.15, -0.1) is 17.0 Å². The zero-order valence-electron chi connectivity index (χ0n) is 14.8. The number of carbonyl (C=O) groups is 1. The van der Waals surface area contributed by atoms with E-state index < -0.39 is 0 Å². The van der Waals surface area contributed by atoms with E-state index in [1.807, 2.05) is 60.4 Å². The van der Waals surface area contributed by atoms with E-state index in [-0.39, 0.29) is 29.3 Å². The Hall–Kier alpha value is -1.30. The van der Waals surface area contributed by atoms with Crippen LogP contribution in [0.15, 0.2) is 53.5 Å². The summed E-state index contributed by atoms with van der Waals surface area (Å²) >= 11 is 7.73. The fourth-order valence-electron chi connectivity index (χ4n) is 2.62. The number of rotatable bonds is 5. The number of hydrogen-bond acceptors (Lipinski definition) is 4. The molecule has 1 unspecified atom stereocenters. The number of aryl methyl sites for hydroxylation is 1. The van der Waals surface area contributed by atoms with Crippen molar-refractivity contribution in [2.45, 2.75) is 26.3 Å². The first-order valence-electron chi connectivity index (χ1n) is 8.40. The maximum atomic E-state index is 12.8. The van der Waals surface area contributed by atoms with Gasteiger partial charge in [-0.05, 0) is 37.6 Å². The second-order valence-electron chi connectivity index (χ2n) is 6.14. The average molecular weight is 454 g/mol. The van der Waals surface area contributed by atoms with Crippen molar-refractivity contribution in [1.82, 2.24) is 0 Å². The molecule has 1 atom stereocenters. The highest BCUT2D eigenvalue weighted by Gasteiger charge is 2.25. The van der Waals surface area contributed by atoms with Crippen LogP contribution in [0.2, 0.25) is 5.02 Å². The maximum Gasteiger partial charge on any atom is 0.182 e. The summed E-state index contributed by atoms with van der Waals surface area (Å²) in [6.07, 6.45) is 1.01. The van der Waals surface area contributed by atoms with Gasteiger partial charge in [-0.1, -0.05) is 60.1 Å². The number of hydrogen-bond donors (Lipinski definition) is 0. The molecule has 2 aromatic rings. The first-order chi connectivity index (χ1) is 12.1. The Kier molecular flexibility index (Phi) is 7.74. The summed E-state index contributed by atoms with van der Waals surface area (Å²) in [6, 6.07) is 15.6. The van der Waals surface area contributed by atoms with E-state index in [2.05, 4.69) is 6.92 Å². The molecule has 0 saturated carbocycles. The number of thioether (sulfide) groups is 1. The quantitative estimate of drug-likeness (QED) is 0.537. The van der Waals surface area contributed by atoms with Gasteiger partial charge in [-0.3, -0.25) is 9.79 Å². The molecule has 1 aliphatic rings. The van der Waals surface area contributed by atoms with Crippen LogP contribution in [-0.2, 0) is 0 Å². The van der Waals surface area contributed by atoms with E-state index in [0.29, 0.717) is 11.1 Å². The van der Waals surface area contributed by atoms with Crippen LogP contribution in [0.25, 0.3) is 0 Å². The largest absolute Gasteiger partial charge is 0.313 e. The van der Waals surface area contributed by atoms with E-state index in [9.17, 15) is 4.79 Å². The van der Waals surface area contributed by atoms with Crippen LogP contribution in [0.5, 0.6) is 0 Å². The maximum absolute atomic E-state index is 12.8. The molecular formula is C20H22BrClN2OS. The first kappa shape index (κ1) is 21.0. The van der Waals surface area contributed by atoms with Crippen LogP contribution in [-0.4, -0.2) is 29.3 Å². The summed E-state index contributed by atoms with van der Waals surface area (Å²) in [4.78, 5) is 19.6. The van der Waals surface area contributed by atoms with Crippen LogP contribution in [0.4, 0.5) is 5.69 Å². The van der Waals surface area contributed by atoms with E-state index in [1.54, 1.807) is 11.8 Å². The minimum absolute atomic E-state index is 0. The van der Waals surface area contributed by atoms with Crippen LogP contribution in [0.3, 0.4) is 0 Å². The highest BCUT2D eigenvalue weighted by molar-refractivity contribution is 8.93. The lowest BCUT2D eigenvalue weighted by molar-refractivity contribution is 0.100. The Bertz CT molecular complexity index is 777. The third kappa shape index (κ3) is 5.12. The van der Waals surface area contributed by atoms with Crippen molar-refractivity contribution in [3.63, 3.8) is 0 Å². The smallest absolute Gasteiger partial charge is 0.182 e. The molecule has 26 heavy (non-hydrogen) atoms. The summed E-state index contributed by atoms with van der Waals surface area (Å²) in [5.74, 6) is 1.05. The summed E-state index contributed by atoms with van der Waals surface area (Å²) in [5.41, 5.74) is 2.81. The van der Waals surface area contributed by atoms with Crippen LogP contribution in [0, 0.1) is 6.92 Å². The third-order valence-electron chi connectivity index (χ3n) is 4.21. The van der Waals surface area contributed by atoms with Crippen molar-refractivity contribution in [3.05, 3.63) is 64.7 Å². The van der Waals surface area contributed by atoms with Gasteiger partial charge in [0.2, 0.25) is 0 Å². The van der Waals surface area contributed by atoms with E-state index in [4.69, 9.17) is 16.6 Å². The Balaban J connectivity index is 0.00000243. The average Bonchev–Trinajstić information content (AvgIpc) is 3.10. The molecule has 0 N–H and O–H groups in total. The standard InChI is InChI=1S/C20H21ClN2OS.BrH/c1-3-17-13-25-20(22-17)23(18-10-8-16(21)9-11-18)12-19(24)15-6-4-14(2)5-7-15;/h4-11,17H,3,12-13H2,1-2H3;1H. The molecule has 0 aliphatic carbocycles. The number of benzene rings is 2. The van der Waals surface area contributed by atoms with E-state index >= 15 is 0 Å². The molecular weight excluding hydrogens is 432 g/mol. The molecule has 0 radical (unpaired) electrons. The molecule has 2 aromatic carbocycles. The molecule has 138 valence electrons. The van der Waals surface area contributed by atoms with Crippen molar-refractivity contribution < 1.29 is 4.79 Å². The molecule has 0 amide bonds. The van der Waals surface area contributed by atoms with Crippen LogP contribution < -0.4 is 4.90 Å². The van der Waals surface area contributed by atoms with Crippen molar-refractivity contribution in [3.8, 4) is 0 Å². The highest BCUT2D eigenvalue weighted by Crippen LogP contribution is 2.28. The molecule has 0 bridgehead atoms. The zero-order chi connectivity index (χ0) is 17.8. The van der Waals surface area contributed by atoms with Gasteiger partial charge < -0.3 is 4.90 Å². The van der Waals surface area contributed by atoms with E-state index in [1.165, 1.54) is 0 Å². The molecule has 3 rings (SSSR count). The Morgan fingerprint density at radius 3 is 2.42 bits per heavy atom. The third-order valence-corrected chi connectivity index (χ3v) is 5.60. The summed E-state index contributed by atoms with van der Waals surface area (Å²) in [5, 5.41) is 1.59. The fourth-order valence-corrected chi connectivity index (χ4v) is 3.95. The van der Waals surface area contributed by atoms with Crippen molar-refractivity contribution >= 4 is 57.0 Å². The number of anilines is 1. The number of aliphatic imine (C=N–C) groups is 1. The van der Waals surface area contributed by atoms with Crippen molar-refractivity contribution in [2.75, 3.05) is 17.2 Å². The minimum atomic E-state index is 0. The monoisotopic (exact) mass is 452 g/mol. The number of ketones is 1. The summed E-state index contributed by atoms with van der Waals surface area (Å²) < 4.78 is 0. The van der Waals surface area contributed by atoms with Gasteiger partial charge in [0, 0.05) is 22.0 Å². The van der Waals surface area contributed by atoms with Gasteiger partial charge in [-0.2, -0.15) is 0 Å². The van der Waals surface area contributed by atoms with Crippen molar-refractivity contribution in [2.24, 2.45) is 4.99 Å². The van der Waals surface area contributed by atoms with Crippen LogP contribution >= 0.6 is 40.3 Å². The lowest BCUT2D eigenvalue weighted by Crippen LogP contribution is -2.33. The molecule has 1 aliphatic heterocycles. The zero-order valence-corrected chi connectivity index (χ0v) is 18.1. The Morgan fingerprint density at radius 1 is 1.19 bits per heavy atom. The summed E-state index contributed by atoms with van der Waals surface area (Å²) in [7, 11) is 0. The molecule has 0 spiro atoms. The van der Waals surface area contributed by atoms with Gasteiger partial charge >= 0.3 is 0 Å². The van der Waals surface area contributed by atoms with Crippen molar-refractivity contribution in [1.29, 1.82) is 0 Å². The SMILES string of the molecule is Br.CCC1CSC(N(CC(=O)c2ccc(C)cc2)c2ccc(Cl)cc2)=N1. The van der Waals surface area contributed by atoms with Crippen LogP contribution in [0.1, 0.15) is 29.3 Å². The Labute approximate surface area is 174 Å². The second-order valence-corrected chi connectivity index (χ2v) is 7.56. The number of halogens is 2. The topological polar surface area (TPSA) is 32.7 Å². The molecule has 0 aromatic heterocycles. The minimum Gasteiger partial charge on any atom is -0.313 e. The summed E-state index contributed by atoms with van der Waals surface area (Å²) in [6.45, 7) is 4.43. The Morgan fingerprint density at radius 2 is 1.85 bits per heavy atom. The predicted molar refractivity (Wildman–Crippen MR) is 119 cm³/mol. The lowest BCUT2D eigenvalue weighted by Gasteiger charge is -2.23. The second kappa shape index (κ2) is 9.58. The number of carbonyl (C=O) groups excluding carboxylic acids is 1. The molecule has 0 fully saturated rings. The van der Waals surface area contributed by atoms with E-state index in [0.717, 1.165) is 34.2 Å². The normalized spacial score (nSPS) is 16.0. The molecule has 0 saturated heterocycles. The van der Waals surface area contributed by atoms with Gasteiger partial charge in [-0.25, -0.2) is 0 Å². The fraction of sp³-hybridized carbons (Fsp3) is 0.300. The van der Waals surface area contributed by atoms with Gasteiger partial charge in [0.05, 0.1) is 12.6 Å². The molecule has 3 nitrogen and oxygen atoms in total. The number of nitrogens with zero attached hydrogens (tertiary/aromatic N) is 2. The van der Waals surface area contributed by atoms with Gasteiger partial charge in [0.1, 0.15) is 0 Å². The molecule has 1 heterocycles. The van der Waals surface area contributed by atoms with Gasteiger partial charge in [0.15, 0.2) is 11.0 Å². The van der Waals surface area contributed by atoms with Gasteiger partial charge in [0.25, 0.3) is 0 Å². The highest BCUT2D eigenvalue weighted by atomic mass is 79.9. The predicted octanol–water partition coefficient (Wildman–Crippen LogP) is 5.80. The first-order valence-corrected chi connectivity index (χ1v) is 9.76. The lowest BCUT2D eigenvalue weighted by atomic mass is 10.1. The molecule has 6 heteroatoms.